The topological polar surface area (TPSA) is 15.3 Å². The van der Waals surface area contributed by atoms with Crippen LogP contribution in [0.4, 0.5) is 0 Å². The maximum atomic E-state index is 8.17. The van der Waals surface area contributed by atoms with Gasteiger partial charge in [-0.05, 0) is 23.3 Å². The highest BCUT2D eigenvalue weighted by Gasteiger charge is 2.29. The van der Waals surface area contributed by atoms with Gasteiger partial charge in [0.25, 0.3) is 0 Å². The van der Waals surface area contributed by atoms with Crippen LogP contribution in [0.5, 0.6) is 0 Å². The van der Waals surface area contributed by atoms with Gasteiger partial charge in [0.2, 0.25) is 0 Å². The van der Waals surface area contributed by atoms with E-state index in [1.165, 1.54) is 0 Å². The van der Waals surface area contributed by atoms with E-state index in [1.54, 1.807) is 0 Å². The molecule has 2 aliphatic rings. The number of fused-ring (bicyclic) bond motifs is 3. The SMILES string of the molecule is [2H]c1sc2c(c1[2H])C([2H])([2H])C([2H])([2H])N1C2CNC([2H])([2H])C1([2H])[2H]. The molecule has 0 saturated carbocycles. The third-order valence-corrected chi connectivity index (χ3v) is 2.96. The molecule has 1 fully saturated rings. The van der Waals surface area contributed by atoms with E-state index in [1.807, 2.05) is 0 Å². The Labute approximate surface area is 96.6 Å². The van der Waals surface area contributed by atoms with Gasteiger partial charge in [-0.1, -0.05) is 0 Å². The maximum absolute atomic E-state index is 8.17. The molecule has 2 nitrogen and oxygen atoms in total. The van der Waals surface area contributed by atoms with Gasteiger partial charge in [-0.25, -0.2) is 0 Å². The number of nitrogens with zero attached hydrogens (tertiary/aromatic N) is 1. The van der Waals surface area contributed by atoms with E-state index in [-0.39, 0.29) is 22.3 Å². The Morgan fingerprint density at radius 1 is 1.69 bits per heavy atom. The zero-order valence-electron chi connectivity index (χ0n) is 16.6. The Kier molecular flexibility index (Phi) is 0.667. The highest BCUT2D eigenvalue weighted by Crippen LogP contribution is 2.34. The van der Waals surface area contributed by atoms with Crippen LogP contribution in [-0.2, 0) is 6.37 Å². The Hall–Kier alpha value is -0.380. The molecule has 0 spiro atoms. The predicted octanol–water partition coefficient (Wildman–Crippen LogP) is 1.25. The Morgan fingerprint density at radius 2 is 2.69 bits per heavy atom. The highest BCUT2D eigenvalue weighted by atomic mass is 32.1. The van der Waals surface area contributed by atoms with E-state index in [0.29, 0.717) is 4.90 Å². The van der Waals surface area contributed by atoms with Gasteiger partial charge >= 0.3 is 0 Å². The van der Waals surface area contributed by atoms with Gasteiger partial charge in [-0.2, -0.15) is 0 Å². The summed E-state index contributed by atoms with van der Waals surface area (Å²) in [4.78, 5) is 0.779. The Bertz CT molecular complexity index is 669. The fraction of sp³-hybridized carbons (Fsp3) is 0.600. The lowest BCUT2D eigenvalue weighted by Crippen LogP contribution is -2.48. The molecule has 70 valence electrons. The largest absolute Gasteiger partial charge is 0.314 e. The molecule has 1 saturated heterocycles. The molecule has 1 N–H and O–H groups in total. The van der Waals surface area contributed by atoms with E-state index in [2.05, 4.69) is 5.32 Å². The normalized spacial score (nSPS) is 54.9. The summed E-state index contributed by atoms with van der Waals surface area (Å²) in [7, 11) is 0. The first-order valence-electron chi connectivity index (χ1n) is 8.91. The van der Waals surface area contributed by atoms with Gasteiger partial charge in [0.05, 0.1) is 8.78 Å². The Morgan fingerprint density at radius 3 is 3.69 bits per heavy atom. The van der Waals surface area contributed by atoms with E-state index in [9.17, 15) is 0 Å². The van der Waals surface area contributed by atoms with E-state index in [4.69, 9.17) is 13.7 Å². The van der Waals surface area contributed by atoms with Crippen LogP contribution in [0.15, 0.2) is 11.4 Å². The number of piperazine rings is 1. The number of rotatable bonds is 0. The van der Waals surface area contributed by atoms with Gasteiger partial charge in [0, 0.05) is 41.9 Å². The molecule has 3 heterocycles. The standard InChI is InChI=1S/C10H14N2S/c1-4-12-5-3-11-7-9(12)10-8(1)2-6-13-10/h2,6,9,11H,1,3-5,7H2/i1D2,2D,3D2,4D2,5D2,6D. The summed E-state index contributed by atoms with van der Waals surface area (Å²) in [6, 6.07) is -1.39. The van der Waals surface area contributed by atoms with Gasteiger partial charge < -0.3 is 5.32 Å². The lowest BCUT2D eigenvalue weighted by atomic mass is 10.0. The van der Waals surface area contributed by atoms with Gasteiger partial charge in [0.1, 0.15) is 0 Å². The summed E-state index contributed by atoms with van der Waals surface area (Å²) in [6.45, 7) is -8.42. The molecule has 3 heteroatoms. The number of hydrogen-bond acceptors (Lipinski definition) is 3. The molecule has 0 aromatic carbocycles. The van der Waals surface area contributed by atoms with Crippen molar-refractivity contribution >= 4 is 11.3 Å². The van der Waals surface area contributed by atoms with Crippen LogP contribution in [0.1, 0.15) is 30.2 Å². The summed E-state index contributed by atoms with van der Waals surface area (Å²) in [5.41, 5.74) is -0.237. The summed E-state index contributed by atoms with van der Waals surface area (Å²) in [5.74, 6) is 0. The van der Waals surface area contributed by atoms with Crippen LogP contribution < -0.4 is 5.32 Å². The molecule has 2 aliphatic heterocycles. The molecule has 13 heavy (non-hydrogen) atoms. The molecule has 3 rings (SSSR count). The van der Waals surface area contributed by atoms with Gasteiger partial charge in [-0.15, -0.1) is 11.3 Å². The van der Waals surface area contributed by atoms with Crippen molar-refractivity contribution in [2.24, 2.45) is 0 Å². The number of thiophene rings is 1. The van der Waals surface area contributed by atoms with E-state index < -0.39 is 37.9 Å². The molecule has 0 aliphatic carbocycles. The predicted molar refractivity (Wildman–Crippen MR) is 55.2 cm³/mol. The van der Waals surface area contributed by atoms with Crippen LogP contribution in [0.2, 0.25) is 0 Å². The highest BCUT2D eigenvalue weighted by molar-refractivity contribution is 7.10. The van der Waals surface area contributed by atoms with Crippen LogP contribution in [0.25, 0.3) is 0 Å². The second-order valence-electron chi connectivity index (χ2n) is 2.81. The van der Waals surface area contributed by atoms with Crippen molar-refractivity contribution < 1.29 is 13.7 Å². The summed E-state index contributed by atoms with van der Waals surface area (Å²) >= 11 is 0.808. The van der Waals surface area contributed by atoms with Crippen LogP contribution in [0.3, 0.4) is 0 Å². The second-order valence-corrected chi connectivity index (χ2v) is 3.66. The van der Waals surface area contributed by atoms with Gasteiger partial charge in [-0.3, -0.25) is 4.90 Å². The minimum absolute atomic E-state index is 0.144. The molecular formula is C10H14N2S. The minimum atomic E-state index is -2.88. The zero-order chi connectivity index (χ0) is 17.6. The summed E-state index contributed by atoms with van der Waals surface area (Å²) in [5, 5.41) is 2.18. The monoisotopic (exact) mass is 204 g/mol. The Balaban J connectivity index is 2.31. The number of nitrogens with one attached hydrogen (secondary N) is 1. The minimum Gasteiger partial charge on any atom is -0.314 e. The van der Waals surface area contributed by atoms with Crippen molar-refractivity contribution in [1.82, 2.24) is 10.2 Å². The fourth-order valence-corrected chi connectivity index (χ4v) is 2.21. The molecule has 0 bridgehead atoms. The smallest absolute Gasteiger partial charge is 0.0740 e. The lowest BCUT2D eigenvalue weighted by Gasteiger charge is -2.39. The quantitative estimate of drug-likeness (QED) is 0.684. The van der Waals surface area contributed by atoms with E-state index >= 15 is 0 Å². The first-order valence-corrected chi connectivity index (χ1v) is 4.73. The number of hydrogen-bond donors (Lipinski definition) is 1. The average Bonchev–Trinajstić information content (AvgIpc) is 2.67. The molecule has 0 radical (unpaired) electrons. The molecular weight excluding hydrogens is 180 g/mol. The fourth-order valence-electron chi connectivity index (χ4n) is 1.42. The maximum Gasteiger partial charge on any atom is 0.0740 e. The van der Waals surface area contributed by atoms with Crippen LogP contribution in [0, 0.1) is 0 Å². The third kappa shape index (κ3) is 1.23. The van der Waals surface area contributed by atoms with Crippen LogP contribution in [-0.4, -0.2) is 30.9 Å². The lowest BCUT2D eigenvalue weighted by molar-refractivity contribution is 0.155. The first-order chi connectivity index (χ1) is 10.3. The van der Waals surface area contributed by atoms with Gasteiger partial charge in [0.15, 0.2) is 0 Å². The zero-order valence-corrected chi connectivity index (χ0v) is 7.46. The van der Waals surface area contributed by atoms with Crippen molar-refractivity contribution in [2.75, 3.05) is 26.0 Å². The summed E-state index contributed by atoms with van der Waals surface area (Å²) < 4.78 is 79.9. The van der Waals surface area contributed by atoms with Crippen molar-refractivity contribution in [3.05, 3.63) is 21.8 Å². The van der Waals surface area contributed by atoms with Crippen molar-refractivity contribution in [1.29, 1.82) is 0 Å². The summed E-state index contributed by atoms with van der Waals surface area (Å²) in [6.07, 6.45) is -2.74. The first kappa shape index (κ1) is 2.81. The third-order valence-electron chi connectivity index (χ3n) is 2.06. The molecule has 1 aromatic rings. The van der Waals surface area contributed by atoms with Crippen molar-refractivity contribution in [2.45, 2.75) is 12.4 Å². The van der Waals surface area contributed by atoms with E-state index in [0.717, 1.165) is 11.3 Å². The van der Waals surface area contributed by atoms with Crippen molar-refractivity contribution in [3.8, 4) is 0 Å². The van der Waals surface area contributed by atoms with Crippen molar-refractivity contribution in [3.63, 3.8) is 0 Å². The second kappa shape index (κ2) is 3.08. The van der Waals surface area contributed by atoms with Crippen LogP contribution >= 0.6 is 11.3 Å². The molecule has 1 aromatic heterocycles. The molecule has 1 atom stereocenters. The average molecular weight is 204 g/mol. The molecule has 0 amide bonds. The molecule has 1 unspecified atom stereocenters.